The van der Waals surface area contributed by atoms with E-state index >= 15 is 0 Å². The molecule has 1 heterocycles. The molecule has 0 bridgehead atoms. The molecule has 3 heteroatoms. The fourth-order valence-corrected chi connectivity index (χ4v) is 3.15. The summed E-state index contributed by atoms with van der Waals surface area (Å²) >= 11 is 1.49. The lowest BCUT2D eigenvalue weighted by Gasteiger charge is -2.17. The molecule has 1 amide bonds. The van der Waals surface area contributed by atoms with Gasteiger partial charge in [-0.2, -0.15) is 0 Å². The number of anilines is 1. The summed E-state index contributed by atoms with van der Waals surface area (Å²) < 4.78 is 0. The summed E-state index contributed by atoms with van der Waals surface area (Å²) in [6.45, 7) is 1.97. The molecule has 0 aliphatic rings. The van der Waals surface area contributed by atoms with E-state index in [0.29, 0.717) is 0 Å². The lowest BCUT2D eigenvalue weighted by molar-refractivity contribution is 0.0996. The predicted molar refractivity (Wildman–Crippen MR) is 85.7 cm³/mol. The van der Waals surface area contributed by atoms with Crippen LogP contribution in [0.25, 0.3) is 10.8 Å². The van der Waals surface area contributed by atoms with Crippen molar-refractivity contribution in [2.45, 2.75) is 6.92 Å². The van der Waals surface area contributed by atoms with E-state index in [1.807, 2.05) is 43.6 Å². The maximum atomic E-state index is 12.5. The second-order valence-electron chi connectivity index (χ2n) is 4.83. The fourth-order valence-electron chi connectivity index (χ4n) is 2.25. The molecule has 0 atom stereocenters. The number of aryl methyl sites for hydroxylation is 1. The number of hydrogen-bond acceptors (Lipinski definition) is 2. The molecule has 0 fully saturated rings. The standard InChI is InChI=1S/C17H15NOS/c1-12-9-10-20-16(12)17(19)18(2)15-8-7-13-5-3-4-6-14(13)11-15/h3-11H,1-2H3. The molecule has 0 radical (unpaired) electrons. The minimum Gasteiger partial charge on any atom is -0.311 e. The molecule has 0 saturated carbocycles. The third-order valence-electron chi connectivity index (χ3n) is 3.48. The molecule has 0 aliphatic heterocycles. The molecule has 2 nitrogen and oxygen atoms in total. The average Bonchev–Trinajstić information content (AvgIpc) is 2.91. The molecule has 100 valence electrons. The van der Waals surface area contributed by atoms with Crippen LogP contribution < -0.4 is 4.90 Å². The number of carbonyl (C=O) groups excluding carboxylic acids is 1. The number of fused-ring (bicyclic) bond motifs is 1. The quantitative estimate of drug-likeness (QED) is 0.678. The first kappa shape index (κ1) is 12.9. The van der Waals surface area contributed by atoms with Crippen molar-refractivity contribution in [3.8, 4) is 0 Å². The Labute approximate surface area is 122 Å². The fraction of sp³-hybridized carbons (Fsp3) is 0.118. The highest BCUT2D eigenvalue weighted by atomic mass is 32.1. The van der Waals surface area contributed by atoms with Gasteiger partial charge in [0, 0.05) is 12.7 Å². The van der Waals surface area contributed by atoms with E-state index < -0.39 is 0 Å². The largest absolute Gasteiger partial charge is 0.311 e. The lowest BCUT2D eigenvalue weighted by Crippen LogP contribution is -2.25. The lowest BCUT2D eigenvalue weighted by atomic mass is 10.1. The van der Waals surface area contributed by atoms with E-state index in [9.17, 15) is 4.79 Å². The van der Waals surface area contributed by atoms with Crippen LogP contribution in [0.2, 0.25) is 0 Å². The van der Waals surface area contributed by atoms with Crippen LogP contribution in [0, 0.1) is 6.92 Å². The SMILES string of the molecule is Cc1ccsc1C(=O)N(C)c1ccc2ccccc2c1. The molecular weight excluding hydrogens is 266 g/mol. The van der Waals surface area contributed by atoms with Gasteiger partial charge in [0.2, 0.25) is 0 Å². The smallest absolute Gasteiger partial charge is 0.268 e. The van der Waals surface area contributed by atoms with Crippen LogP contribution in [0.15, 0.2) is 53.9 Å². The van der Waals surface area contributed by atoms with Gasteiger partial charge in [0.15, 0.2) is 0 Å². The topological polar surface area (TPSA) is 20.3 Å². The summed E-state index contributed by atoms with van der Waals surface area (Å²) in [6, 6.07) is 16.2. The first-order valence-corrected chi connectivity index (χ1v) is 7.36. The van der Waals surface area contributed by atoms with Crippen molar-refractivity contribution >= 4 is 33.7 Å². The highest BCUT2D eigenvalue weighted by Crippen LogP contribution is 2.24. The minimum absolute atomic E-state index is 0.0489. The van der Waals surface area contributed by atoms with Crippen LogP contribution >= 0.6 is 11.3 Å². The van der Waals surface area contributed by atoms with Crippen molar-refractivity contribution < 1.29 is 4.79 Å². The van der Waals surface area contributed by atoms with Gasteiger partial charge in [-0.15, -0.1) is 11.3 Å². The molecule has 0 N–H and O–H groups in total. The summed E-state index contributed by atoms with van der Waals surface area (Å²) in [4.78, 5) is 15.0. The van der Waals surface area contributed by atoms with Gasteiger partial charge in [0.25, 0.3) is 5.91 Å². The first-order valence-electron chi connectivity index (χ1n) is 6.48. The van der Waals surface area contributed by atoms with E-state index in [0.717, 1.165) is 21.5 Å². The molecule has 0 spiro atoms. The van der Waals surface area contributed by atoms with Gasteiger partial charge >= 0.3 is 0 Å². The number of amides is 1. The van der Waals surface area contributed by atoms with Gasteiger partial charge in [0.1, 0.15) is 0 Å². The molecule has 0 unspecified atom stereocenters. The second kappa shape index (κ2) is 5.10. The van der Waals surface area contributed by atoms with E-state index in [1.165, 1.54) is 16.7 Å². The average molecular weight is 281 g/mol. The van der Waals surface area contributed by atoms with Crippen molar-refractivity contribution in [2.75, 3.05) is 11.9 Å². The highest BCUT2D eigenvalue weighted by Gasteiger charge is 2.16. The Balaban J connectivity index is 1.98. The van der Waals surface area contributed by atoms with Crippen molar-refractivity contribution in [2.24, 2.45) is 0 Å². The number of rotatable bonds is 2. The summed E-state index contributed by atoms with van der Waals surface area (Å²) in [6.07, 6.45) is 0. The van der Waals surface area contributed by atoms with Crippen LogP contribution in [0.4, 0.5) is 5.69 Å². The van der Waals surface area contributed by atoms with Crippen LogP contribution in [-0.4, -0.2) is 13.0 Å². The van der Waals surface area contributed by atoms with E-state index in [-0.39, 0.29) is 5.91 Å². The Morgan fingerprint density at radius 1 is 1.05 bits per heavy atom. The van der Waals surface area contributed by atoms with Gasteiger partial charge in [0.05, 0.1) is 4.88 Å². The van der Waals surface area contributed by atoms with Crippen molar-refractivity contribution in [1.82, 2.24) is 0 Å². The van der Waals surface area contributed by atoms with E-state index in [4.69, 9.17) is 0 Å². The van der Waals surface area contributed by atoms with E-state index in [2.05, 4.69) is 24.3 Å². The Kier molecular flexibility index (Phi) is 3.28. The molecule has 0 saturated heterocycles. The molecule has 1 aromatic heterocycles. The van der Waals surface area contributed by atoms with Crippen LogP contribution in [-0.2, 0) is 0 Å². The third-order valence-corrected chi connectivity index (χ3v) is 4.49. The van der Waals surface area contributed by atoms with Gasteiger partial charge in [-0.05, 0) is 46.8 Å². The first-order chi connectivity index (χ1) is 9.66. The summed E-state index contributed by atoms with van der Waals surface area (Å²) in [7, 11) is 1.82. The van der Waals surface area contributed by atoms with Crippen molar-refractivity contribution in [3.63, 3.8) is 0 Å². The third kappa shape index (κ3) is 2.21. The van der Waals surface area contributed by atoms with Gasteiger partial charge in [-0.25, -0.2) is 0 Å². The van der Waals surface area contributed by atoms with Gasteiger partial charge in [-0.1, -0.05) is 30.3 Å². The normalized spacial score (nSPS) is 10.7. The van der Waals surface area contributed by atoms with Gasteiger partial charge in [-0.3, -0.25) is 4.79 Å². The second-order valence-corrected chi connectivity index (χ2v) is 5.74. The molecular formula is C17H15NOS. The number of hydrogen-bond donors (Lipinski definition) is 0. The minimum atomic E-state index is 0.0489. The zero-order valence-corrected chi connectivity index (χ0v) is 12.3. The summed E-state index contributed by atoms with van der Waals surface area (Å²) in [5.41, 5.74) is 1.95. The number of benzene rings is 2. The van der Waals surface area contributed by atoms with E-state index in [1.54, 1.807) is 4.90 Å². The van der Waals surface area contributed by atoms with Crippen LogP contribution in [0.5, 0.6) is 0 Å². The predicted octanol–water partition coefficient (Wildman–Crippen LogP) is 4.49. The molecule has 3 rings (SSSR count). The molecule has 0 aliphatic carbocycles. The number of nitrogens with zero attached hydrogens (tertiary/aromatic N) is 1. The van der Waals surface area contributed by atoms with Gasteiger partial charge < -0.3 is 4.90 Å². The summed E-state index contributed by atoms with van der Waals surface area (Å²) in [5, 5.41) is 4.29. The Morgan fingerprint density at radius 2 is 1.80 bits per heavy atom. The van der Waals surface area contributed by atoms with Crippen molar-refractivity contribution in [1.29, 1.82) is 0 Å². The summed E-state index contributed by atoms with van der Waals surface area (Å²) in [5.74, 6) is 0.0489. The Hall–Kier alpha value is -2.13. The molecule has 20 heavy (non-hydrogen) atoms. The monoisotopic (exact) mass is 281 g/mol. The molecule has 3 aromatic rings. The number of thiophene rings is 1. The Bertz CT molecular complexity index is 775. The molecule has 2 aromatic carbocycles. The maximum absolute atomic E-state index is 12.5. The number of carbonyl (C=O) groups is 1. The van der Waals surface area contributed by atoms with Crippen molar-refractivity contribution in [3.05, 3.63) is 64.4 Å². The van der Waals surface area contributed by atoms with Crippen LogP contribution in [0.1, 0.15) is 15.2 Å². The Morgan fingerprint density at radius 3 is 2.50 bits per heavy atom. The zero-order chi connectivity index (χ0) is 14.1. The highest BCUT2D eigenvalue weighted by molar-refractivity contribution is 7.12. The maximum Gasteiger partial charge on any atom is 0.268 e. The zero-order valence-electron chi connectivity index (χ0n) is 11.5. The van der Waals surface area contributed by atoms with Crippen LogP contribution in [0.3, 0.4) is 0 Å².